The molecule has 1 rings (SSSR count). The van der Waals surface area contributed by atoms with Crippen molar-refractivity contribution in [2.45, 2.75) is 39.0 Å². The molecule has 0 heterocycles. The van der Waals surface area contributed by atoms with Gasteiger partial charge in [0.25, 0.3) is 0 Å². The number of rotatable bonds is 4. The van der Waals surface area contributed by atoms with Crippen molar-refractivity contribution < 1.29 is 4.79 Å². The van der Waals surface area contributed by atoms with Gasteiger partial charge in [-0.05, 0) is 6.42 Å². The van der Waals surface area contributed by atoms with Crippen LogP contribution in [0.25, 0.3) is 0 Å². The molecule has 0 bridgehead atoms. The van der Waals surface area contributed by atoms with Crippen LogP contribution in [-0.4, -0.2) is 5.78 Å². The number of unbranched alkanes of at least 4 members (excludes halogenated alkanes) is 2. The van der Waals surface area contributed by atoms with E-state index in [0.717, 1.165) is 6.42 Å². The number of hydrogen-bond acceptors (Lipinski definition) is 1. The van der Waals surface area contributed by atoms with Crippen LogP contribution in [0, 0.1) is 5.92 Å². The van der Waals surface area contributed by atoms with Gasteiger partial charge in [-0.1, -0.05) is 50.5 Å². The molecule has 0 aromatic rings. The Balaban J connectivity index is 2.35. The van der Waals surface area contributed by atoms with Gasteiger partial charge in [0.15, 0.2) is 0 Å². The van der Waals surface area contributed by atoms with Crippen molar-refractivity contribution in [2.24, 2.45) is 5.92 Å². The summed E-state index contributed by atoms with van der Waals surface area (Å²) in [5.41, 5.74) is 0. The summed E-state index contributed by atoms with van der Waals surface area (Å²) in [6.45, 7) is 2.19. The van der Waals surface area contributed by atoms with E-state index in [-0.39, 0.29) is 5.92 Å². The zero-order valence-electron chi connectivity index (χ0n) is 8.33. The van der Waals surface area contributed by atoms with Crippen LogP contribution in [0.5, 0.6) is 0 Å². The fraction of sp³-hybridized carbons (Fsp3) is 0.583. The first-order valence-corrected chi connectivity index (χ1v) is 5.20. The summed E-state index contributed by atoms with van der Waals surface area (Å²) < 4.78 is 0. The van der Waals surface area contributed by atoms with E-state index in [9.17, 15) is 4.79 Å². The average Bonchev–Trinajstić information content (AvgIpc) is 2.32. The number of ketones is 1. The Kier molecular flexibility index (Phi) is 4.52. The third kappa shape index (κ3) is 3.58. The number of carbonyl (C=O) groups is 1. The van der Waals surface area contributed by atoms with Gasteiger partial charge in [0.05, 0.1) is 0 Å². The fourth-order valence-electron chi connectivity index (χ4n) is 1.59. The third-order valence-corrected chi connectivity index (χ3v) is 2.44. The maximum absolute atomic E-state index is 11.5. The summed E-state index contributed by atoms with van der Waals surface area (Å²) in [5.74, 6) is 0.558. The van der Waals surface area contributed by atoms with E-state index in [0.29, 0.717) is 12.2 Å². The molecule has 1 unspecified atom stereocenters. The Bertz CT molecular complexity index is 213. The Labute approximate surface area is 80.5 Å². The Morgan fingerprint density at radius 3 is 3.00 bits per heavy atom. The minimum atomic E-state index is 0.182. The summed E-state index contributed by atoms with van der Waals surface area (Å²) in [6, 6.07) is 0. The molecule has 1 aliphatic carbocycles. The smallest absolute Gasteiger partial charge is 0.143 e. The minimum Gasteiger partial charge on any atom is -0.299 e. The highest BCUT2D eigenvalue weighted by Gasteiger charge is 2.13. The molecule has 0 fully saturated rings. The molecule has 1 heteroatoms. The van der Waals surface area contributed by atoms with Gasteiger partial charge >= 0.3 is 0 Å². The van der Waals surface area contributed by atoms with Crippen molar-refractivity contribution in [3.05, 3.63) is 24.3 Å². The summed E-state index contributed by atoms with van der Waals surface area (Å²) in [5, 5.41) is 0. The number of carbonyl (C=O) groups excluding carboxylic acids is 1. The predicted molar refractivity (Wildman–Crippen MR) is 55.5 cm³/mol. The van der Waals surface area contributed by atoms with Gasteiger partial charge < -0.3 is 0 Å². The molecule has 0 radical (unpaired) electrons. The normalized spacial score (nSPS) is 21.9. The maximum atomic E-state index is 11.5. The van der Waals surface area contributed by atoms with E-state index >= 15 is 0 Å². The second-order valence-corrected chi connectivity index (χ2v) is 3.59. The zero-order chi connectivity index (χ0) is 9.52. The van der Waals surface area contributed by atoms with Crippen molar-refractivity contribution in [3.63, 3.8) is 0 Å². The molecule has 1 nitrogen and oxygen atoms in total. The van der Waals surface area contributed by atoms with E-state index in [1.54, 1.807) is 0 Å². The van der Waals surface area contributed by atoms with E-state index in [1.165, 1.54) is 19.3 Å². The molecule has 0 aromatic heterocycles. The monoisotopic (exact) mass is 178 g/mol. The molecule has 0 spiro atoms. The number of allylic oxidation sites excluding steroid dienone is 4. The van der Waals surface area contributed by atoms with E-state index in [1.807, 2.05) is 24.3 Å². The highest BCUT2D eigenvalue weighted by molar-refractivity contribution is 5.84. The first-order valence-electron chi connectivity index (χ1n) is 5.20. The average molecular weight is 178 g/mol. The standard InChI is InChI=1S/C12H18O/c1-2-3-5-8-11-9-6-4-7-10-12(11)13/h4,6-7,9,11H,2-3,5,8,10H2,1H3. The van der Waals surface area contributed by atoms with Gasteiger partial charge in [-0.25, -0.2) is 0 Å². The van der Waals surface area contributed by atoms with Crippen LogP contribution in [0.15, 0.2) is 24.3 Å². The lowest BCUT2D eigenvalue weighted by atomic mass is 9.95. The molecule has 0 saturated heterocycles. The molecule has 0 aliphatic heterocycles. The summed E-state index contributed by atoms with van der Waals surface area (Å²) in [4.78, 5) is 11.5. The van der Waals surface area contributed by atoms with Gasteiger partial charge in [-0.3, -0.25) is 4.79 Å². The van der Waals surface area contributed by atoms with E-state index < -0.39 is 0 Å². The maximum Gasteiger partial charge on any atom is 0.143 e. The van der Waals surface area contributed by atoms with Gasteiger partial charge in [0.1, 0.15) is 5.78 Å². The van der Waals surface area contributed by atoms with Gasteiger partial charge in [0, 0.05) is 12.3 Å². The quantitative estimate of drug-likeness (QED) is 0.604. The first kappa shape index (κ1) is 10.2. The van der Waals surface area contributed by atoms with Crippen molar-refractivity contribution in [3.8, 4) is 0 Å². The van der Waals surface area contributed by atoms with E-state index in [2.05, 4.69) is 6.92 Å². The van der Waals surface area contributed by atoms with Crippen LogP contribution < -0.4 is 0 Å². The second-order valence-electron chi connectivity index (χ2n) is 3.59. The van der Waals surface area contributed by atoms with Gasteiger partial charge in [-0.2, -0.15) is 0 Å². The second kappa shape index (κ2) is 5.74. The highest BCUT2D eigenvalue weighted by Crippen LogP contribution is 2.16. The topological polar surface area (TPSA) is 17.1 Å². The van der Waals surface area contributed by atoms with Crippen LogP contribution in [0.4, 0.5) is 0 Å². The van der Waals surface area contributed by atoms with Crippen LogP contribution in [0.2, 0.25) is 0 Å². The Hall–Kier alpha value is -0.850. The van der Waals surface area contributed by atoms with Crippen LogP contribution in [-0.2, 0) is 4.79 Å². The molecule has 0 saturated carbocycles. The summed E-state index contributed by atoms with van der Waals surface area (Å²) >= 11 is 0. The molecule has 72 valence electrons. The van der Waals surface area contributed by atoms with Gasteiger partial charge in [0.2, 0.25) is 0 Å². The molecular weight excluding hydrogens is 160 g/mol. The third-order valence-electron chi connectivity index (χ3n) is 2.44. The fourth-order valence-corrected chi connectivity index (χ4v) is 1.59. The lowest BCUT2D eigenvalue weighted by Crippen LogP contribution is -2.10. The lowest BCUT2D eigenvalue weighted by molar-refractivity contribution is -0.120. The van der Waals surface area contributed by atoms with Crippen LogP contribution >= 0.6 is 0 Å². The zero-order valence-corrected chi connectivity index (χ0v) is 8.33. The predicted octanol–water partition coefficient (Wildman–Crippen LogP) is 3.27. The minimum absolute atomic E-state index is 0.182. The molecule has 1 aliphatic rings. The molecular formula is C12H18O. The van der Waals surface area contributed by atoms with Gasteiger partial charge in [-0.15, -0.1) is 0 Å². The largest absolute Gasteiger partial charge is 0.299 e. The lowest BCUT2D eigenvalue weighted by Gasteiger charge is -2.08. The summed E-state index contributed by atoms with van der Waals surface area (Å²) in [6.07, 6.45) is 13.2. The molecule has 0 aromatic carbocycles. The van der Waals surface area contributed by atoms with Crippen molar-refractivity contribution in [1.29, 1.82) is 0 Å². The van der Waals surface area contributed by atoms with E-state index in [4.69, 9.17) is 0 Å². The number of Topliss-reactive ketones (excluding diaryl/α,β-unsaturated/α-hetero) is 1. The highest BCUT2D eigenvalue weighted by atomic mass is 16.1. The van der Waals surface area contributed by atoms with Crippen molar-refractivity contribution in [1.82, 2.24) is 0 Å². The van der Waals surface area contributed by atoms with Crippen LogP contribution in [0.1, 0.15) is 39.0 Å². The Morgan fingerprint density at radius 1 is 1.38 bits per heavy atom. The first-order chi connectivity index (χ1) is 6.34. The van der Waals surface area contributed by atoms with Crippen LogP contribution in [0.3, 0.4) is 0 Å². The molecule has 13 heavy (non-hydrogen) atoms. The SMILES string of the molecule is CCCCCC1C=CC=CCC1=O. The molecule has 1 atom stereocenters. The molecule has 0 amide bonds. The Morgan fingerprint density at radius 2 is 2.23 bits per heavy atom. The van der Waals surface area contributed by atoms with Crippen molar-refractivity contribution in [2.75, 3.05) is 0 Å². The summed E-state index contributed by atoms with van der Waals surface area (Å²) in [7, 11) is 0. The number of hydrogen-bond donors (Lipinski definition) is 0. The van der Waals surface area contributed by atoms with Crippen molar-refractivity contribution >= 4 is 5.78 Å². The molecule has 0 N–H and O–H groups in total.